The zero-order chi connectivity index (χ0) is 17.4. The van der Waals surface area contributed by atoms with E-state index in [9.17, 15) is 9.59 Å². The van der Waals surface area contributed by atoms with Gasteiger partial charge in [0.1, 0.15) is 6.04 Å². The second-order valence-electron chi connectivity index (χ2n) is 5.81. The van der Waals surface area contributed by atoms with Crippen LogP contribution in [0.25, 0.3) is 0 Å². The van der Waals surface area contributed by atoms with Gasteiger partial charge in [0.25, 0.3) is 5.91 Å². The van der Waals surface area contributed by atoms with Gasteiger partial charge in [-0.25, -0.2) is 5.43 Å². The van der Waals surface area contributed by atoms with E-state index in [0.717, 1.165) is 10.4 Å². The first-order chi connectivity index (χ1) is 11.5. The van der Waals surface area contributed by atoms with Crippen molar-refractivity contribution in [2.24, 2.45) is 11.0 Å². The van der Waals surface area contributed by atoms with Crippen LogP contribution in [0.3, 0.4) is 0 Å². The summed E-state index contributed by atoms with van der Waals surface area (Å²) in [4.78, 5) is 25.4. The monoisotopic (exact) mass is 363 g/mol. The molecule has 2 aromatic rings. The topological polar surface area (TPSA) is 70.6 Å². The van der Waals surface area contributed by atoms with Crippen LogP contribution >= 0.6 is 22.7 Å². The average molecular weight is 364 g/mol. The van der Waals surface area contributed by atoms with Crippen LogP contribution in [0.5, 0.6) is 0 Å². The number of hydrogen-bond acceptors (Lipinski definition) is 5. The van der Waals surface area contributed by atoms with Gasteiger partial charge in [-0.15, -0.1) is 11.3 Å². The van der Waals surface area contributed by atoms with E-state index in [2.05, 4.69) is 15.8 Å². The Kier molecular flexibility index (Phi) is 7.14. The van der Waals surface area contributed by atoms with Crippen molar-refractivity contribution in [3.63, 3.8) is 0 Å². The standard InChI is InChI=1S/C17H21N3O2S2/c1-12(2)8-15(19-16(21)9-13-5-7-23-11-13)17(22)20-18-10-14-4-3-6-24-14/h3-7,10-12,15H,8-9H2,1-2H3,(H,19,21)(H,20,22)/b18-10+. The summed E-state index contributed by atoms with van der Waals surface area (Å²) in [5.74, 6) is -0.171. The molecule has 0 saturated carbocycles. The molecule has 2 rings (SSSR count). The van der Waals surface area contributed by atoms with Crippen LogP contribution in [0.4, 0.5) is 0 Å². The Morgan fingerprint density at radius 1 is 1.29 bits per heavy atom. The minimum Gasteiger partial charge on any atom is -0.344 e. The van der Waals surface area contributed by atoms with Gasteiger partial charge in [0.05, 0.1) is 12.6 Å². The summed E-state index contributed by atoms with van der Waals surface area (Å²) < 4.78 is 0. The van der Waals surface area contributed by atoms with Crippen LogP contribution in [0, 0.1) is 5.92 Å². The highest BCUT2D eigenvalue weighted by molar-refractivity contribution is 7.11. The van der Waals surface area contributed by atoms with E-state index >= 15 is 0 Å². The molecule has 0 aromatic carbocycles. The van der Waals surface area contributed by atoms with Gasteiger partial charge in [0.15, 0.2) is 0 Å². The molecule has 2 N–H and O–H groups in total. The highest BCUT2D eigenvalue weighted by Gasteiger charge is 2.21. The average Bonchev–Trinajstić information content (AvgIpc) is 3.19. The maximum Gasteiger partial charge on any atom is 0.262 e. The van der Waals surface area contributed by atoms with Gasteiger partial charge in [-0.05, 0) is 46.2 Å². The van der Waals surface area contributed by atoms with Gasteiger partial charge in [0, 0.05) is 4.88 Å². The summed E-state index contributed by atoms with van der Waals surface area (Å²) in [6.07, 6.45) is 2.45. The molecule has 1 unspecified atom stereocenters. The Labute approximate surface area is 149 Å². The minimum atomic E-state index is -0.586. The predicted molar refractivity (Wildman–Crippen MR) is 99.5 cm³/mol. The molecule has 2 aromatic heterocycles. The number of amides is 2. The van der Waals surface area contributed by atoms with E-state index in [1.54, 1.807) is 17.6 Å². The minimum absolute atomic E-state index is 0.156. The van der Waals surface area contributed by atoms with Crippen molar-refractivity contribution in [3.05, 3.63) is 44.8 Å². The number of hydrazone groups is 1. The largest absolute Gasteiger partial charge is 0.344 e. The third kappa shape index (κ3) is 6.25. The van der Waals surface area contributed by atoms with E-state index in [1.807, 2.05) is 48.2 Å². The first-order valence-corrected chi connectivity index (χ1v) is 9.53. The van der Waals surface area contributed by atoms with Crippen molar-refractivity contribution in [1.29, 1.82) is 0 Å². The fourth-order valence-electron chi connectivity index (χ4n) is 2.13. The molecule has 2 amide bonds. The van der Waals surface area contributed by atoms with Crippen molar-refractivity contribution < 1.29 is 9.59 Å². The summed E-state index contributed by atoms with van der Waals surface area (Å²) in [6.45, 7) is 4.03. The third-order valence-electron chi connectivity index (χ3n) is 3.21. The van der Waals surface area contributed by atoms with Crippen molar-refractivity contribution in [1.82, 2.24) is 10.7 Å². The highest BCUT2D eigenvalue weighted by atomic mass is 32.1. The molecule has 0 aliphatic rings. The number of carbonyl (C=O) groups is 2. The van der Waals surface area contributed by atoms with E-state index in [0.29, 0.717) is 6.42 Å². The maximum absolute atomic E-state index is 12.3. The first kappa shape index (κ1) is 18.4. The lowest BCUT2D eigenvalue weighted by Gasteiger charge is -2.18. The van der Waals surface area contributed by atoms with Crippen molar-refractivity contribution in [3.8, 4) is 0 Å². The molecule has 2 heterocycles. The molecule has 128 valence electrons. The number of carbonyl (C=O) groups excluding carboxylic acids is 2. The molecule has 0 aliphatic heterocycles. The fourth-order valence-corrected chi connectivity index (χ4v) is 3.38. The lowest BCUT2D eigenvalue weighted by Crippen LogP contribution is -2.46. The zero-order valence-electron chi connectivity index (χ0n) is 13.7. The zero-order valence-corrected chi connectivity index (χ0v) is 15.3. The summed E-state index contributed by atoms with van der Waals surface area (Å²) in [6, 6.07) is 5.15. The number of nitrogens with zero attached hydrogens (tertiary/aromatic N) is 1. The van der Waals surface area contributed by atoms with Gasteiger partial charge in [-0.3, -0.25) is 9.59 Å². The van der Waals surface area contributed by atoms with Crippen LogP contribution in [0.1, 0.15) is 30.7 Å². The SMILES string of the molecule is CC(C)CC(NC(=O)Cc1ccsc1)C(=O)N/N=C/c1cccs1. The summed E-state index contributed by atoms with van der Waals surface area (Å²) in [5.41, 5.74) is 3.47. The molecule has 0 fully saturated rings. The molecule has 0 spiro atoms. The van der Waals surface area contributed by atoms with E-state index in [-0.39, 0.29) is 24.2 Å². The van der Waals surface area contributed by atoms with Gasteiger partial charge < -0.3 is 5.32 Å². The molecule has 1 atom stereocenters. The molecular formula is C17H21N3O2S2. The highest BCUT2D eigenvalue weighted by Crippen LogP contribution is 2.09. The van der Waals surface area contributed by atoms with Crippen LogP contribution in [0.2, 0.25) is 0 Å². The first-order valence-electron chi connectivity index (χ1n) is 7.71. The van der Waals surface area contributed by atoms with Crippen LogP contribution in [0.15, 0.2) is 39.4 Å². The van der Waals surface area contributed by atoms with Crippen LogP contribution in [-0.4, -0.2) is 24.1 Å². The molecule has 5 nitrogen and oxygen atoms in total. The molecular weight excluding hydrogens is 342 g/mol. The lowest BCUT2D eigenvalue weighted by atomic mass is 10.0. The third-order valence-corrected chi connectivity index (χ3v) is 4.75. The Balaban J connectivity index is 1.90. The van der Waals surface area contributed by atoms with E-state index < -0.39 is 6.04 Å². The molecule has 0 saturated heterocycles. The summed E-state index contributed by atoms with van der Waals surface area (Å²) in [7, 11) is 0. The van der Waals surface area contributed by atoms with E-state index in [1.165, 1.54) is 11.3 Å². The fraction of sp³-hybridized carbons (Fsp3) is 0.353. The smallest absolute Gasteiger partial charge is 0.262 e. The molecule has 0 radical (unpaired) electrons. The number of hydrogen-bond donors (Lipinski definition) is 2. The number of nitrogens with one attached hydrogen (secondary N) is 2. The Bertz CT molecular complexity index is 664. The molecule has 7 heteroatoms. The van der Waals surface area contributed by atoms with Crippen molar-refractivity contribution in [2.75, 3.05) is 0 Å². The van der Waals surface area contributed by atoms with E-state index in [4.69, 9.17) is 0 Å². The van der Waals surface area contributed by atoms with Crippen LogP contribution in [-0.2, 0) is 16.0 Å². The maximum atomic E-state index is 12.3. The predicted octanol–water partition coefficient (Wildman–Crippen LogP) is 3.03. The molecule has 0 aliphatic carbocycles. The Morgan fingerprint density at radius 3 is 2.75 bits per heavy atom. The second kappa shape index (κ2) is 9.34. The molecule has 24 heavy (non-hydrogen) atoms. The summed E-state index contributed by atoms with van der Waals surface area (Å²) in [5, 5.41) is 12.6. The Hall–Kier alpha value is -1.99. The van der Waals surface area contributed by atoms with Gasteiger partial charge in [-0.2, -0.15) is 16.4 Å². The Morgan fingerprint density at radius 2 is 2.12 bits per heavy atom. The van der Waals surface area contributed by atoms with Crippen molar-refractivity contribution in [2.45, 2.75) is 32.7 Å². The van der Waals surface area contributed by atoms with Crippen molar-refractivity contribution >= 4 is 40.7 Å². The quantitative estimate of drug-likeness (QED) is 0.559. The van der Waals surface area contributed by atoms with Gasteiger partial charge in [0.2, 0.25) is 5.91 Å². The van der Waals surface area contributed by atoms with Gasteiger partial charge >= 0.3 is 0 Å². The summed E-state index contributed by atoms with van der Waals surface area (Å²) >= 11 is 3.09. The lowest BCUT2D eigenvalue weighted by molar-refractivity contribution is -0.129. The molecule has 0 bridgehead atoms. The number of thiophene rings is 2. The van der Waals surface area contributed by atoms with Gasteiger partial charge in [-0.1, -0.05) is 19.9 Å². The van der Waals surface area contributed by atoms with Crippen LogP contribution < -0.4 is 10.7 Å². The number of rotatable bonds is 8. The normalized spacial score (nSPS) is 12.5. The second-order valence-corrected chi connectivity index (χ2v) is 7.57.